The second-order valence-electron chi connectivity index (χ2n) is 6.54. The number of hydrogen-bond donors (Lipinski definition) is 1. The third-order valence-corrected chi connectivity index (χ3v) is 4.93. The molecule has 0 radical (unpaired) electrons. The number of aryl methyl sites for hydroxylation is 2. The first-order valence-electron chi connectivity index (χ1n) is 8.85. The fourth-order valence-corrected chi connectivity index (χ4v) is 3.59. The molecular formula is C21H26N2O. The lowest BCUT2D eigenvalue weighted by Crippen LogP contribution is -2.28. The third-order valence-electron chi connectivity index (χ3n) is 4.93. The van der Waals surface area contributed by atoms with Crippen LogP contribution in [0.5, 0.6) is 0 Å². The second kappa shape index (κ2) is 7.18. The van der Waals surface area contributed by atoms with Crippen molar-refractivity contribution in [3.05, 3.63) is 64.2 Å². The Morgan fingerprint density at radius 3 is 2.42 bits per heavy atom. The number of rotatable bonds is 4. The molecule has 1 aliphatic heterocycles. The fraction of sp³-hybridized carbons (Fsp3) is 0.381. The number of amides is 1. The summed E-state index contributed by atoms with van der Waals surface area (Å²) in [6.45, 7) is 6.19. The van der Waals surface area contributed by atoms with Gasteiger partial charge in [0.25, 0.3) is 5.91 Å². The van der Waals surface area contributed by atoms with Gasteiger partial charge in [-0.3, -0.25) is 4.79 Å². The van der Waals surface area contributed by atoms with E-state index in [0.29, 0.717) is 0 Å². The monoisotopic (exact) mass is 322 g/mol. The lowest BCUT2D eigenvalue weighted by atomic mass is 9.95. The Kier molecular flexibility index (Phi) is 5.00. The Hall–Kier alpha value is -2.13. The van der Waals surface area contributed by atoms with Crippen LogP contribution in [0.1, 0.15) is 46.5 Å². The molecule has 0 aromatic heterocycles. The summed E-state index contributed by atoms with van der Waals surface area (Å²) >= 11 is 0. The number of nitrogens with zero attached hydrogens (tertiary/aromatic N) is 1. The Balaban J connectivity index is 1.93. The zero-order chi connectivity index (χ0) is 17.1. The first kappa shape index (κ1) is 16.7. The van der Waals surface area contributed by atoms with Crippen LogP contribution in [0.25, 0.3) is 0 Å². The highest BCUT2D eigenvalue weighted by Gasteiger charge is 2.19. The Labute approximate surface area is 144 Å². The van der Waals surface area contributed by atoms with Crippen molar-refractivity contribution in [1.29, 1.82) is 0 Å². The number of nitrogens with one attached hydrogen (secondary N) is 1. The zero-order valence-corrected chi connectivity index (χ0v) is 14.9. The highest BCUT2D eigenvalue weighted by Crippen LogP contribution is 2.27. The van der Waals surface area contributed by atoms with Crippen molar-refractivity contribution in [3.63, 3.8) is 0 Å². The minimum atomic E-state index is 0.0247. The van der Waals surface area contributed by atoms with E-state index in [0.717, 1.165) is 54.7 Å². The number of likely N-dealkylation sites (N-methyl/N-ethyl adjacent to an activating group) is 1. The van der Waals surface area contributed by atoms with Crippen LogP contribution in [0.3, 0.4) is 0 Å². The molecule has 1 amide bonds. The minimum absolute atomic E-state index is 0.0247. The Morgan fingerprint density at radius 2 is 1.75 bits per heavy atom. The van der Waals surface area contributed by atoms with E-state index in [1.54, 1.807) is 0 Å². The maximum absolute atomic E-state index is 13.0. The summed E-state index contributed by atoms with van der Waals surface area (Å²) in [7, 11) is 2.14. The molecule has 1 aliphatic rings. The molecule has 0 unspecified atom stereocenters. The lowest BCUT2D eigenvalue weighted by molar-refractivity contribution is 0.102. The van der Waals surface area contributed by atoms with Crippen molar-refractivity contribution in [2.75, 3.05) is 18.9 Å². The van der Waals surface area contributed by atoms with E-state index in [1.165, 1.54) is 11.1 Å². The van der Waals surface area contributed by atoms with Crippen molar-refractivity contribution < 1.29 is 4.79 Å². The van der Waals surface area contributed by atoms with E-state index in [4.69, 9.17) is 0 Å². The van der Waals surface area contributed by atoms with E-state index in [2.05, 4.69) is 55.4 Å². The summed E-state index contributed by atoms with van der Waals surface area (Å²) in [5.41, 5.74) is 6.68. The normalized spacial score (nSPS) is 14.3. The highest BCUT2D eigenvalue weighted by atomic mass is 16.1. The van der Waals surface area contributed by atoms with Gasteiger partial charge in [-0.25, -0.2) is 0 Å². The molecule has 0 spiro atoms. The molecule has 2 aromatic rings. The van der Waals surface area contributed by atoms with Crippen LogP contribution >= 0.6 is 0 Å². The standard InChI is InChI=1S/C21H26N2O/c1-4-15-8-6-9-16(5-2)20(15)21(24)22-19-11-7-10-17-14-23(3)13-12-18(17)19/h6-11H,4-5,12-14H2,1-3H3,(H,22,24). The second-order valence-corrected chi connectivity index (χ2v) is 6.54. The van der Waals surface area contributed by atoms with Gasteiger partial charge in [-0.15, -0.1) is 0 Å². The summed E-state index contributed by atoms with van der Waals surface area (Å²) < 4.78 is 0. The van der Waals surface area contributed by atoms with Crippen LogP contribution in [0.15, 0.2) is 36.4 Å². The van der Waals surface area contributed by atoms with Crippen molar-refractivity contribution >= 4 is 11.6 Å². The van der Waals surface area contributed by atoms with E-state index in [-0.39, 0.29) is 5.91 Å². The number of anilines is 1. The van der Waals surface area contributed by atoms with Gasteiger partial charge in [0.15, 0.2) is 0 Å². The maximum atomic E-state index is 13.0. The van der Waals surface area contributed by atoms with E-state index in [1.807, 2.05) is 12.1 Å². The van der Waals surface area contributed by atoms with Gasteiger partial charge >= 0.3 is 0 Å². The highest BCUT2D eigenvalue weighted by molar-refractivity contribution is 6.06. The predicted molar refractivity (Wildman–Crippen MR) is 99.6 cm³/mol. The third kappa shape index (κ3) is 3.22. The quantitative estimate of drug-likeness (QED) is 0.921. The molecule has 0 atom stereocenters. The van der Waals surface area contributed by atoms with E-state index in [9.17, 15) is 4.79 Å². The van der Waals surface area contributed by atoms with Crippen LogP contribution in [0.2, 0.25) is 0 Å². The van der Waals surface area contributed by atoms with Crippen LogP contribution in [0.4, 0.5) is 5.69 Å². The molecule has 0 fully saturated rings. The van der Waals surface area contributed by atoms with Crippen LogP contribution in [0, 0.1) is 0 Å². The number of hydrogen-bond acceptors (Lipinski definition) is 2. The molecular weight excluding hydrogens is 296 g/mol. The average molecular weight is 322 g/mol. The molecule has 0 saturated carbocycles. The predicted octanol–water partition coefficient (Wildman–Crippen LogP) is 4.05. The zero-order valence-electron chi connectivity index (χ0n) is 14.9. The number of fused-ring (bicyclic) bond motifs is 1. The molecule has 3 nitrogen and oxygen atoms in total. The lowest BCUT2D eigenvalue weighted by Gasteiger charge is -2.27. The topological polar surface area (TPSA) is 32.3 Å². The molecule has 0 bridgehead atoms. The molecule has 0 saturated heterocycles. The van der Waals surface area contributed by atoms with Gasteiger partial charge in [0.05, 0.1) is 0 Å². The maximum Gasteiger partial charge on any atom is 0.256 e. The number of carbonyl (C=O) groups excluding carboxylic acids is 1. The molecule has 24 heavy (non-hydrogen) atoms. The Bertz CT molecular complexity index is 729. The summed E-state index contributed by atoms with van der Waals surface area (Å²) in [5.74, 6) is 0.0247. The first-order valence-corrected chi connectivity index (χ1v) is 8.85. The molecule has 3 rings (SSSR count). The number of benzene rings is 2. The molecule has 1 N–H and O–H groups in total. The average Bonchev–Trinajstić information content (AvgIpc) is 2.60. The molecule has 126 valence electrons. The van der Waals surface area contributed by atoms with Crippen molar-refractivity contribution in [3.8, 4) is 0 Å². The van der Waals surface area contributed by atoms with Gasteiger partial charge in [0, 0.05) is 24.3 Å². The number of carbonyl (C=O) groups is 1. The summed E-state index contributed by atoms with van der Waals surface area (Å²) in [5, 5.41) is 3.19. The van der Waals surface area contributed by atoms with Gasteiger partial charge < -0.3 is 10.2 Å². The SMILES string of the molecule is CCc1cccc(CC)c1C(=O)Nc1cccc2c1CCN(C)C2. The van der Waals surface area contributed by atoms with Crippen LogP contribution < -0.4 is 5.32 Å². The van der Waals surface area contributed by atoms with E-state index >= 15 is 0 Å². The van der Waals surface area contributed by atoms with Gasteiger partial charge in [-0.2, -0.15) is 0 Å². The van der Waals surface area contributed by atoms with Crippen molar-refractivity contribution in [2.24, 2.45) is 0 Å². The van der Waals surface area contributed by atoms with Crippen molar-refractivity contribution in [1.82, 2.24) is 4.90 Å². The summed E-state index contributed by atoms with van der Waals surface area (Å²) in [6, 6.07) is 12.4. The molecule has 0 aliphatic carbocycles. The summed E-state index contributed by atoms with van der Waals surface area (Å²) in [4.78, 5) is 15.3. The van der Waals surface area contributed by atoms with Crippen LogP contribution in [-0.2, 0) is 25.8 Å². The minimum Gasteiger partial charge on any atom is -0.322 e. The van der Waals surface area contributed by atoms with Crippen LogP contribution in [-0.4, -0.2) is 24.4 Å². The largest absolute Gasteiger partial charge is 0.322 e. The molecule has 2 aromatic carbocycles. The van der Waals surface area contributed by atoms with Gasteiger partial charge in [0.2, 0.25) is 0 Å². The van der Waals surface area contributed by atoms with Gasteiger partial charge in [-0.1, -0.05) is 44.2 Å². The fourth-order valence-electron chi connectivity index (χ4n) is 3.59. The van der Waals surface area contributed by atoms with Gasteiger partial charge in [0.1, 0.15) is 0 Å². The molecule has 1 heterocycles. The van der Waals surface area contributed by atoms with E-state index < -0.39 is 0 Å². The first-order chi connectivity index (χ1) is 11.6. The smallest absolute Gasteiger partial charge is 0.256 e. The van der Waals surface area contributed by atoms with Crippen molar-refractivity contribution in [2.45, 2.75) is 39.7 Å². The molecule has 3 heteroatoms. The van der Waals surface area contributed by atoms with Gasteiger partial charge in [-0.05, 0) is 54.6 Å². The Morgan fingerprint density at radius 1 is 1.08 bits per heavy atom. The summed E-state index contributed by atoms with van der Waals surface area (Å²) in [6.07, 6.45) is 2.72.